The third-order valence-electron chi connectivity index (χ3n) is 2.49. The van der Waals surface area contributed by atoms with E-state index in [2.05, 4.69) is 20.7 Å². The summed E-state index contributed by atoms with van der Waals surface area (Å²) >= 11 is 6.13. The van der Waals surface area contributed by atoms with Crippen molar-refractivity contribution in [3.8, 4) is 0 Å². The van der Waals surface area contributed by atoms with Crippen LogP contribution in [0, 0.1) is 13.8 Å². The molecule has 2 aromatic heterocycles. The van der Waals surface area contributed by atoms with E-state index in [0.717, 1.165) is 19.8 Å². The summed E-state index contributed by atoms with van der Waals surface area (Å²) in [6, 6.07) is 3.67. The third kappa shape index (κ3) is 3.03. The van der Waals surface area contributed by atoms with Gasteiger partial charge in [0.25, 0.3) is 0 Å². The molecule has 18 heavy (non-hydrogen) atoms. The molecule has 0 radical (unpaired) electrons. The van der Waals surface area contributed by atoms with Crippen LogP contribution in [0.5, 0.6) is 0 Å². The largest absolute Gasteiger partial charge is 0.250 e. The van der Waals surface area contributed by atoms with Gasteiger partial charge in [0.05, 0.1) is 3.79 Å². The molecule has 98 valence electrons. The van der Waals surface area contributed by atoms with Gasteiger partial charge in [-0.15, -0.1) is 22.7 Å². The number of rotatable bonds is 4. The fraction of sp³-hybridized carbons (Fsp3) is 0.273. The van der Waals surface area contributed by atoms with Gasteiger partial charge in [0.15, 0.2) is 0 Å². The van der Waals surface area contributed by atoms with Crippen molar-refractivity contribution < 1.29 is 8.42 Å². The van der Waals surface area contributed by atoms with Gasteiger partial charge < -0.3 is 0 Å². The van der Waals surface area contributed by atoms with E-state index in [-0.39, 0.29) is 0 Å². The number of hydrogen-bond acceptors (Lipinski definition) is 4. The van der Waals surface area contributed by atoms with Gasteiger partial charge in [0.1, 0.15) is 4.21 Å². The van der Waals surface area contributed by atoms with Crippen molar-refractivity contribution in [2.24, 2.45) is 0 Å². The van der Waals surface area contributed by atoms with Crippen LogP contribution in [0.4, 0.5) is 0 Å². The molecular weight excluding hydrogens is 354 g/mol. The summed E-state index contributed by atoms with van der Waals surface area (Å²) in [5, 5.41) is 1.96. The molecule has 0 aromatic carbocycles. The minimum Gasteiger partial charge on any atom is -0.206 e. The summed E-state index contributed by atoms with van der Waals surface area (Å²) < 4.78 is 28.0. The zero-order valence-electron chi connectivity index (χ0n) is 9.86. The second-order valence-electron chi connectivity index (χ2n) is 3.87. The highest BCUT2D eigenvalue weighted by Crippen LogP contribution is 2.30. The molecule has 0 saturated carbocycles. The van der Waals surface area contributed by atoms with Crippen LogP contribution < -0.4 is 4.72 Å². The Bertz CT molecular complexity index is 638. The second-order valence-corrected chi connectivity index (χ2v) is 9.24. The molecular formula is C11H12BrNO2S3. The summed E-state index contributed by atoms with van der Waals surface area (Å²) in [5.74, 6) is 0. The van der Waals surface area contributed by atoms with E-state index in [1.807, 2.05) is 25.3 Å². The van der Waals surface area contributed by atoms with Crippen molar-refractivity contribution in [3.63, 3.8) is 0 Å². The van der Waals surface area contributed by atoms with E-state index in [1.54, 1.807) is 17.4 Å². The lowest BCUT2D eigenvalue weighted by atomic mass is 10.3. The molecule has 0 aliphatic heterocycles. The van der Waals surface area contributed by atoms with Crippen molar-refractivity contribution in [3.05, 3.63) is 37.3 Å². The third-order valence-corrected chi connectivity index (χ3v) is 7.52. The van der Waals surface area contributed by atoms with Crippen molar-refractivity contribution in [2.75, 3.05) is 0 Å². The zero-order valence-corrected chi connectivity index (χ0v) is 13.9. The average Bonchev–Trinajstić information content (AvgIpc) is 2.84. The number of aryl methyl sites for hydroxylation is 2. The molecule has 0 amide bonds. The first-order valence-corrected chi connectivity index (χ1v) is 9.16. The molecule has 0 unspecified atom stereocenters. The van der Waals surface area contributed by atoms with Crippen LogP contribution >= 0.6 is 38.6 Å². The predicted molar refractivity (Wildman–Crippen MR) is 79.8 cm³/mol. The predicted octanol–water partition coefficient (Wildman–Crippen LogP) is 3.67. The Labute approximate surface area is 123 Å². The first-order chi connectivity index (χ1) is 8.40. The van der Waals surface area contributed by atoms with Gasteiger partial charge in [0, 0.05) is 11.4 Å². The summed E-state index contributed by atoms with van der Waals surface area (Å²) in [6.45, 7) is 4.20. The zero-order chi connectivity index (χ0) is 13.3. The molecule has 1 N–H and O–H groups in total. The normalized spacial score (nSPS) is 11.9. The molecule has 2 rings (SSSR count). The Kier molecular flexibility index (Phi) is 4.28. The minimum absolute atomic E-state index is 0.348. The number of halogens is 1. The van der Waals surface area contributed by atoms with Gasteiger partial charge in [-0.2, -0.15) is 0 Å². The SMILES string of the molecule is Cc1cc(S(=O)(=O)NCc2sccc2C)sc1Br. The Hall–Kier alpha value is -0.210. The first-order valence-electron chi connectivity index (χ1n) is 5.19. The molecule has 7 heteroatoms. The summed E-state index contributed by atoms with van der Waals surface area (Å²) in [4.78, 5) is 1.05. The number of thiophene rings is 2. The van der Waals surface area contributed by atoms with Crippen molar-refractivity contribution in [1.82, 2.24) is 4.72 Å². The Morgan fingerprint density at radius 2 is 2.06 bits per heavy atom. The van der Waals surface area contributed by atoms with E-state index in [0.29, 0.717) is 10.8 Å². The molecule has 2 heterocycles. The molecule has 0 atom stereocenters. The number of hydrogen-bond donors (Lipinski definition) is 1. The van der Waals surface area contributed by atoms with Gasteiger partial charge in [-0.25, -0.2) is 13.1 Å². The Balaban J connectivity index is 2.15. The van der Waals surface area contributed by atoms with Crippen molar-refractivity contribution >= 4 is 48.6 Å². The molecule has 0 saturated heterocycles. The van der Waals surface area contributed by atoms with Gasteiger partial charge in [-0.1, -0.05) is 0 Å². The van der Waals surface area contributed by atoms with Gasteiger partial charge in [-0.3, -0.25) is 0 Å². The lowest BCUT2D eigenvalue weighted by Gasteiger charge is -2.03. The quantitative estimate of drug-likeness (QED) is 0.898. The fourth-order valence-corrected chi connectivity index (χ4v) is 5.58. The highest BCUT2D eigenvalue weighted by Gasteiger charge is 2.18. The molecule has 2 aromatic rings. The standard InChI is InChI=1S/C11H12BrNO2S3/c1-7-3-4-16-9(7)6-13-18(14,15)10-5-8(2)11(12)17-10/h3-5,13H,6H2,1-2H3. The van der Waals surface area contributed by atoms with E-state index in [4.69, 9.17) is 0 Å². The summed E-state index contributed by atoms with van der Waals surface area (Å²) in [5.41, 5.74) is 2.05. The lowest BCUT2D eigenvalue weighted by molar-refractivity contribution is 0.584. The van der Waals surface area contributed by atoms with Gasteiger partial charge in [-0.05, 0) is 58.4 Å². The lowest BCUT2D eigenvalue weighted by Crippen LogP contribution is -2.22. The second kappa shape index (κ2) is 5.42. The van der Waals surface area contributed by atoms with Crippen molar-refractivity contribution in [2.45, 2.75) is 24.6 Å². The van der Waals surface area contributed by atoms with Gasteiger partial charge in [0.2, 0.25) is 10.0 Å². The maximum absolute atomic E-state index is 12.1. The fourth-order valence-electron chi connectivity index (χ4n) is 1.38. The highest BCUT2D eigenvalue weighted by atomic mass is 79.9. The molecule has 0 spiro atoms. The summed E-state index contributed by atoms with van der Waals surface area (Å²) in [7, 11) is -3.41. The molecule has 0 aliphatic rings. The van der Waals surface area contributed by atoms with E-state index in [9.17, 15) is 8.42 Å². The van der Waals surface area contributed by atoms with Crippen LogP contribution in [0.3, 0.4) is 0 Å². The molecule has 0 bridgehead atoms. The van der Waals surface area contributed by atoms with E-state index >= 15 is 0 Å². The molecule has 0 aliphatic carbocycles. The van der Waals surface area contributed by atoms with Crippen LogP contribution in [-0.2, 0) is 16.6 Å². The monoisotopic (exact) mass is 365 g/mol. The van der Waals surface area contributed by atoms with Gasteiger partial charge >= 0.3 is 0 Å². The average molecular weight is 366 g/mol. The van der Waals surface area contributed by atoms with Crippen LogP contribution in [0.2, 0.25) is 0 Å². The van der Waals surface area contributed by atoms with Crippen LogP contribution in [-0.4, -0.2) is 8.42 Å². The van der Waals surface area contributed by atoms with Crippen LogP contribution in [0.15, 0.2) is 25.5 Å². The van der Waals surface area contributed by atoms with E-state index < -0.39 is 10.0 Å². The topological polar surface area (TPSA) is 46.2 Å². The minimum atomic E-state index is -3.41. The first kappa shape index (κ1) is 14.2. The smallest absolute Gasteiger partial charge is 0.206 e. The molecule has 3 nitrogen and oxygen atoms in total. The molecule has 0 fully saturated rings. The number of sulfonamides is 1. The Morgan fingerprint density at radius 1 is 1.33 bits per heavy atom. The number of nitrogens with one attached hydrogen (secondary N) is 1. The summed E-state index contributed by atoms with van der Waals surface area (Å²) in [6.07, 6.45) is 0. The van der Waals surface area contributed by atoms with Crippen LogP contribution in [0.1, 0.15) is 16.0 Å². The maximum atomic E-state index is 12.1. The van der Waals surface area contributed by atoms with Crippen molar-refractivity contribution in [1.29, 1.82) is 0 Å². The Morgan fingerprint density at radius 3 is 2.56 bits per heavy atom. The van der Waals surface area contributed by atoms with E-state index in [1.165, 1.54) is 11.3 Å². The highest BCUT2D eigenvalue weighted by molar-refractivity contribution is 9.11. The van der Waals surface area contributed by atoms with Crippen LogP contribution in [0.25, 0.3) is 0 Å². The maximum Gasteiger partial charge on any atom is 0.250 e.